The quantitative estimate of drug-likeness (QED) is 0.805. The molecular formula is C16H18FNO. The van der Waals surface area contributed by atoms with Crippen molar-refractivity contribution in [2.45, 2.75) is 13.0 Å². The van der Waals surface area contributed by atoms with Gasteiger partial charge in [-0.15, -0.1) is 0 Å². The van der Waals surface area contributed by atoms with Crippen LogP contribution in [0.3, 0.4) is 0 Å². The summed E-state index contributed by atoms with van der Waals surface area (Å²) in [6.07, 6.45) is 0.894. The van der Waals surface area contributed by atoms with Crippen molar-refractivity contribution in [2.75, 3.05) is 13.7 Å². The molecule has 0 aliphatic carbocycles. The van der Waals surface area contributed by atoms with Gasteiger partial charge in [-0.25, -0.2) is 4.39 Å². The maximum Gasteiger partial charge on any atom is 0.127 e. The van der Waals surface area contributed by atoms with Crippen molar-refractivity contribution in [3.8, 4) is 5.75 Å². The Morgan fingerprint density at radius 3 is 2.74 bits per heavy atom. The summed E-state index contributed by atoms with van der Waals surface area (Å²) in [7, 11) is 1.66. The molecule has 3 heteroatoms. The maximum absolute atomic E-state index is 13.4. The third-order valence-corrected chi connectivity index (χ3v) is 3.00. The highest BCUT2D eigenvalue weighted by Gasteiger charge is 2.00. The summed E-state index contributed by atoms with van der Waals surface area (Å²) >= 11 is 0. The van der Waals surface area contributed by atoms with E-state index < -0.39 is 0 Å². The summed E-state index contributed by atoms with van der Waals surface area (Å²) in [6.45, 7) is 1.36. The SMILES string of the molecule is COc1cccc(CCNCc2ccccc2F)c1. The topological polar surface area (TPSA) is 21.3 Å². The van der Waals surface area contributed by atoms with Gasteiger partial charge in [-0.3, -0.25) is 0 Å². The summed E-state index contributed by atoms with van der Waals surface area (Å²) in [5.41, 5.74) is 1.91. The molecule has 0 amide bonds. The van der Waals surface area contributed by atoms with E-state index in [0.29, 0.717) is 12.1 Å². The molecule has 0 aliphatic heterocycles. The Labute approximate surface area is 113 Å². The van der Waals surface area contributed by atoms with Gasteiger partial charge in [0.1, 0.15) is 11.6 Å². The zero-order chi connectivity index (χ0) is 13.5. The first-order chi connectivity index (χ1) is 9.29. The van der Waals surface area contributed by atoms with Crippen LogP contribution in [0, 0.1) is 5.82 Å². The molecule has 0 unspecified atom stereocenters. The zero-order valence-corrected chi connectivity index (χ0v) is 11.0. The maximum atomic E-state index is 13.4. The second kappa shape index (κ2) is 6.90. The number of ether oxygens (including phenoxy) is 1. The van der Waals surface area contributed by atoms with Crippen LogP contribution in [0.4, 0.5) is 4.39 Å². The van der Waals surface area contributed by atoms with Crippen molar-refractivity contribution in [3.05, 3.63) is 65.5 Å². The highest BCUT2D eigenvalue weighted by Crippen LogP contribution is 2.12. The van der Waals surface area contributed by atoms with E-state index in [4.69, 9.17) is 4.74 Å². The van der Waals surface area contributed by atoms with Gasteiger partial charge in [-0.1, -0.05) is 30.3 Å². The van der Waals surface area contributed by atoms with Crippen LogP contribution in [0.1, 0.15) is 11.1 Å². The molecule has 1 N–H and O–H groups in total. The van der Waals surface area contributed by atoms with Gasteiger partial charge >= 0.3 is 0 Å². The van der Waals surface area contributed by atoms with Crippen LogP contribution in [0.2, 0.25) is 0 Å². The van der Waals surface area contributed by atoms with E-state index in [1.807, 2.05) is 24.3 Å². The lowest BCUT2D eigenvalue weighted by atomic mass is 10.1. The number of benzene rings is 2. The van der Waals surface area contributed by atoms with Crippen LogP contribution < -0.4 is 10.1 Å². The number of nitrogens with one attached hydrogen (secondary N) is 1. The molecule has 0 saturated heterocycles. The van der Waals surface area contributed by atoms with E-state index in [2.05, 4.69) is 11.4 Å². The number of methoxy groups -OCH3 is 1. The van der Waals surface area contributed by atoms with Gasteiger partial charge < -0.3 is 10.1 Å². The zero-order valence-electron chi connectivity index (χ0n) is 11.0. The molecular weight excluding hydrogens is 241 g/mol. The molecule has 0 heterocycles. The summed E-state index contributed by atoms with van der Waals surface area (Å²) in [5.74, 6) is 0.711. The fourth-order valence-corrected chi connectivity index (χ4v) is 1.93. The molecule has 2 nitrogen and oxygen atoms in total. The van der Waals surface area contributed by atoms with E-state index in [9.17, 15) is 4.39 Å². The van der Waals surface area contributed by atoms with Crippen molar-refractivity contribution in [1.29, 1.82) is 0 Å². The number of halogens is 1. The number of hydrogen-bond acceptors (Lipinski definition) is 2. The summed E-state index contributed by atoms with van der Waals surface area (Å²) in [6, 6.07) is 14.8. The Kier molecular flexibility index (Phi) is 4.93. The van der Waals surface area contributed by atoms with E-state index in [-0.39, 0.29) is 5.82 Å². The highest BCUT2D eigenvalue weighted by atomic mass is 19.1. The third-order valence-electron chi connectivity index (χ3n) is 3.00. The molecule has 0 atom stereocenters. The Hall–Kier alpha value is -1.87. The normalized spacial score (nSPS) is 10.4. The molecule has 0 radical (unpaired) electrons. The summed E-state index contributed by atoms with van der Waals surface area (Å²) in [5, 5.41) is 3.25. The molecule has 2 aromatic carbocycles. The van der Waals surface area contributed by atoms with Crippen molar-refractivity contribution in [2.24, 2.45) is 0 Å². The molecule has 0 saturated carbocycles. The van der Waals surface area contributed by atoms with Crippen LogP contribution in [0.25, 0.3) is 0 Å². The van der Waals surface area contributed by atoms with Crippen molar-refractivity contribution in [1.82, 2.24) is 5.32 Å². The van der Waals surface area contributed by atoms with E-state index >= 15 is 0 Å². The first-order valence-corrected chi connectivity index (χ1v) is 6.36. The molecule has 100 valence electrons. The molecule has 2 aromatic rings. The second-order valence-electron chi connectivity index (χ2n) is 4.37. The third kappa shape index (κ3) is 4.07. The molecule has 0 bridgehead atoms. The van der Waals surface area contributed by atoms with Gasteiger partial charge in [-0.2, -0.15) is 0 Å². The van der Waals surface area contributed by atoms with Crippen LogP contribution in [0.5, 0.6) is 5.75 Å². The van der Waals surface area contributed by atoms with E-state index in [0.717, 1.165) is 18.7 Å². The van der Waals surface area contributed by atoms with Gasteiger partial charge in [-0.05, 0) is 36.7 Å². The van der Waals surface area contributed by atoms with Gasteiger partial charge in [0.15, 0.2) is 0 Å². The van der Waals surface area contributed by atoms with E-state index in [1.54, 1.807) is 19.2 Å². The average molecular weight is 259 g/mol. The smallest absolute Gasteiger partial charge is 0.127 e. The van der Waals surface area contributed by atoms with Gasteiger partial charge in [0.2, 0.25) is 0 Å². The summed E-state index contributed by atoms with van der Waals surface area (Å²) < 4.78 is 18.6. The van der Waals surface area contributed by atoms with Crippen LogP contribution in [-0.2, 0) is 13.0 Å². The predicted octanol–water partition coefficient (Wildman–Crippen LogP) is 3.17. The minimum absolute atomic E-state index is 0.156. The Morgan fingerprint density at radius 1 is 1.11 bits per heavy atom. The standard InChI is InChI=1S/C16H18FNO/c1-19-15-7-4-5-13(11-15)9-10-18-12-14-6-2-3-8-16(14)17/h2-8,11,18H,9-10,12H2,1H3. The fourth-order valence-electron chi connectivity index (χ4n) is 1.93. The lowest BCUT2D eigenvalue weighted by molar-refractivity contribution is 0.414. The molecule has 0 fully saturated rings. The molecule has 2 rings (SSSR count). The first-order valence-electron chi connectivity index (χ1n) is 6.36. The van der Waals surface area contributed by atoms with Gasteiger partial charge in [0.25, 0.3) is 0 Å². The van der Waals surface area contributed by atoms with Crippen molar-refractivity contribution in [3.63, 3.8) is 0 Å². The van der Waals surface area contributed by atoms with Gasteiger partial charge in [0, 0.05) is 12.1 Å². The lowest BCUT2D eigenvalue weighted by Crippen LogP contribution is -2.17. The lowest BCUT2D eigenvalue weighted by Gasteiger charge is -2.07. The predicted molar refractivity (Wildman–Crippen MR) is 74.8 cm³/mol. The monoisotopic (exact) mass is 259 g/mol. The molecule has 0 aromatic heterocycles. The minimum Gasteiger partial charge on any atom is -0.497 e. The Morgan fingerprint density at radius 2 is 1.95 bits per heavy atom. The molecule has 19 heavy (non-hydrogen) atoms. The minimum atomic E-state index is -0.156. The summed E-state index contributed by atoms with van der Waals surface area (Å²) in [4.78, 5) is 0. The van der Waals surface area contributed by atoms with Crippen LogP contribution >= 0.6 is 0 Å². The molecule has 0 aliphatic rings. The van der Waals surface area contributed by atoms with Crippen LogP contribution in [0.15, 0.2) is 48.5 Å². The largest absolute Gasteiger partial charge is 0.497 e. The Bertz CT molecular complexity index is 528. The van der Waals surface area contributed by atoms with Crippen LogP contribution in [-0.4, -0.2) is 13.7 Å². The fraction of sp³-hybridized carbons (Fsp3) is 0.250. The number of rotatable bonds is 6. The van der Waals surface area contributed by atoms with Crippen molar-refractivity contribution >= 4 is 0 Å². The van der Waals surface area contributed by atoms with E-state index in [1.165, 1.54) is 11.6 Å². The highest BCUT2D eigenvalue weighted by molar-refractivity contribution is 5.28. The van der Waals surface area contributed by atoms with Gasteiger partial charge in [0.05, 0.1) is 7.11 Å². The second-order valence-corrected chi connectivity index (χ2v) is 4.37. The molecule has 0 spiro atoms. The Balaban J connectivity index is 1.79. The first kappa shape index (κ1) is 13.6. The number of hydrogen-bond donors (Lipinski definition) is 1. The van der Waals surface area contributed by atoms with Crippen molar-refractivity contribution < 1.29 is 9.13 Å². The average Bonchev–Trinajstić information content (AvgIpc) is 2.45.